The molecule has 3 rings (SSSR count). The smallest absolute Gasteiger partial charge is 0.226 e. The first-order valence-electron chi connectivity index (χ1n) is 7.78. The first-order chi connectivity index (χ1) is 10.8. The van der Waals surface area contributed by atoms with Gasteiger partial charge in [-0.15, -0.1) is 0 Å². The van der Waals surface area contributed by atoms with Crippen LogP contribution < -0.4 is 4.74 Å². The number of amides is 1. The monoisotopic (exact) mass is 299 g/mol. The van der Waals surface area contributed by atoms with Gasteiger partial charge in [0.05, 0.1) is 13.0 Å². The van der Waals surface area contributed by atoms with E-state index in [0.29, 0.717) is 18.9 Å². The Kier molecular flexibility index (Phi) is 4.73. The molecule has 116 valence electrons. The number of benzene rings is 1. The quantitative estimate of drug-likeness (QED) is 0.923. The second-order valence-electron chi connectivity index (χ2n) is 5.56. The molecule has 1 N–H and O–H groups in total. The standard InChI is InChI=1S/C17H21N3O2/c21-16(8-12-22-15-6-2-1-3-7-15)20-11-4-5-14(13-20)17-18-9-10-19-17/h1-3,6-7,9-10,14H,4-5,8,11-13H2,(H,18,19). The molecule has 0 saturated carbocycles. The molecule has 0 radical (unpaired) electrons. The van der Waals surface area contributed by atoms with E-state index in [1.165, 1.54) is 0 Å². The number of nitrogens with zero attached hydrogens (tertiary/aromatic N) is 2. The molecule has 5 heteroatoms. The van der Waals surface area contributed by atoms with Gasteiger partial charge in [0.15, 0.2) is 0 Å². The number of carbonyl (C=O) groups is 1. The molecule has 1 aliphatic heterocycles. The van der Waals surface area contributed by atoms with Gasteiger partial charge in [-0.25, -0.2) is 4.98 Å². The molecule has 1 amide bonds. The number of hydrogen-bond donors (Lipinski definition) is 1. The summed E-state index contributed by atoms with van der Waals surface area (Å²) in [4.78, 5) is 21.7. The Balaban J connectivity index is 1.47. The zero-order valence-electron chi connectivity index (χ0n) is 12.6. The highest BCUT2D eigenvalue weighted by atomic mass is 16.5. The summed E-state index contributed by atoms with van der Waals surface area (Å²) in [6, 6.07) is 9.60. The van der Waals surface area contributed by atoms with Crippen molar-refractivity contribution in [1.82, 2.24) is 14.9 Å². The Bertz CT molecular complexity index is 583. The van der Waals surface area contributed by atoms with Crippen molar-refractivity contribution in [3.8, 4) is 5.75 Å². The van der Waals surface area contributed by atoms with Crippen LogP contribution in [-0.2, 0) is 4.79 Å². The number of para-hydroxylation sites is 1. The van der Waals surface area contributed by atoms with Crippen LogP contribution in [0.2, 0.25) is 0 Å². The lowest BCUT2D eigenvalue weighted by Gasteiger charge is -2.32. The van der Waals surface area contributed by atoms with Crippen LogP contribution >= 0.6 is 0 Å². The molecule has 1 aromatic carbocycles. The Labute approximate surface area is 130 Å². The van der Waals surface area contributed by atoms with Crippen LogP contribution in [0.5, 0.6) is 5.75 Å². The van der Waals surface area contributed by atoms with Crippen molar-refractivity contribution in [1.29, 1.82) is 0 Å². The van der Waals surface area contributed by atoms with Gasteiger partial charge in [-0.1, -0.05) is 18.2 Å². The van der Waals surface area contributed by atoms with E-state index in [4.69, 9.17) is 4.74 Å². The van der Waals surface area contributed by atoms with Crippen molar-refractivity contribution >= 4 is 5.91 Å². The topological polar surface area (TPSA) is 58.2 Å². The van der Waals surface area contributed by atoms with Gasteiger partial charge in [0, 0.05) is 31.4 Å². The maximum absolute atomic E-state index is 12.3. The van der Waals surface area contributed by atoms with E-state index in [0.717, 1.165) is 37.5 Å². The van der Waals surface area contributed by atoms with Crippen LogP contribution in [0.25, 0.3) is 0 Å². The Morgan fingerprint density at radius 3 is 3.00 bits per heavy atom. The molecule has 2 aromatic rings. The van der Waals surface area contributed by atoms with Crippen LogP contribution in [0.15, 0.2) is 42.7 Å². The molecule has 5 nitrogen and oxygen atoms in total. The maximum atomic E-state index is 12.3. The Hall–Kier alpha value is -2.30. The number of H-pyrrole nitrogens is 1. The molecular formula is C17H21N3O2. The SMILES string of the molecule is O=C(CCOc1ccccc1)N1CCCC(c2ncc[nH]2)C1. The average Bonchev–Trinajstić information content (AvgIpc) is 3.10. The third-order valence-electron chi connectivity index (χ3n) is 4.01. The molecule has 0 spiro atoms. The number of aromatic nitrogens is 2. The molecule has 1 saturated heterocycles. The lowest BCUT2D eigenvalue weighted by Crippen LogP contribution is -2.39. The summed E-state index contributed by atoms with van der Waals surface area (Å²) in [5.41, 5.74) is 0. The first-order valence-corrected chi connectivity index (χ1v) is 7.78. The minimum absolute atomic E-state index is 0.159. The van der Waals surface area contributed by atoms with Gasteiger partial charge in [0.1, 0.15) is 11.6 Å². The van der Waals surface area contributed by atoms with Crippen molar-refractivity contribution in [3.05, 3.63) is 48.5 Å². The van der Waals surface area contributed by atoms with Crippen LogP contribution in [0.4, 0.5) is 0 Å². The average molecular weight is 299 g/mol. The third kappa shape index (κ3) is 3.67. The van der Waals surface area contributed by atoms with E-state index in [1.54, 1.807) is 6.20 Å². The summed E-state index contributed by atoms with van der Waals surface area (Å²) in [6.45, 7) is 2.00. The molecule has 22 heavy (non-hydrogen) atoms. The third-order valence-corrected chi connectivity index (χ3v) is 4.01. The predicted octanol–water partition coefficient (Wildman–Crippen LogP) is 2.58. The number of nitrogens with one attached hydrogen (secondary N) is 1. The Morgan fingerprint density at radius 1 is 1.36 bits per heavy atom. The van der Waals surface area contributed by atoms with E-state index in [-0.39, 0.29) is 5.91 Å². The minimum Gasteiger partial charge on any atom is -0.493 e. The summed E-state index contributed by atoms with van der Waals surface area (Å²) in [5, 5.41) is 0. The van der Waals surface area contributed by atoms with Gasteiger partial charge < -0.3 is 14.6 Å². The van der Waals surface area contributed by atoms with Crippen molar-refractivity contribution in [2.45, 2.75) is 25.2 Å². The summed E-state index contributed by atoms with van der Waals surface area (Å²) >= 11 is 0. The van der Waals surface area contributed by atoms with Crippen LogP contribution in [0.1, 0.15) is 31.0 Å². The molecule has 1 fully saturated rings. The molecule has 0 bridgehead atoms. The molecule has 2 heterocycles. The fraction of sp³-hybridized carbons (Fsp3) is 0.412. The second-order valence-corrected chi connectivity index (χ2v) is 5.56. The number of aromatic amines is 1. The zero-order chi connectivity index (χ0) is 15.2. The second kappa shape index (κ2) is 7.11. The van der Waals surface area contributed by atoms with E-state index in [9.17, 15) is 4.79 Å². The molecule has 1 aromatic heterocycles. The van der Waals surface area contributed by atoms with Crippen molar-refractivity contribution < 1.29 is 9.53 Å². The van der Waals surface area contributed by atoms with Crippen LogP contribution in [0, 0.1) is 0 Å². The molecule has 0 aliphatic carbocycles. The fourth-order valence-electron chi connectivity index (χ4n) is 2.86. The van der Waals surface area contributed by atoms with Crippen molar-refractivity contribution in [2.24, 2.45) is 0 Å². The number of imidazole rings is 1. The summed E-state index contributed by atoms with van der Waals surface area (Å²) in [7, 11) is 0. The lowest BCUT2D eigenvalue weighted by atomic mass is 9.97. The maximum Gasteiger partial charge on any atom is 0.226 e. The Morgan fingerprint density at radius 2 is 2.23 bits per heavy atom. The van der Waals surface area contributed by atoms with Crippen molar-refractivity contribution in [2.75, 3.05) is 19.7 Å². The van der Waals surface area contributed by atoms with E-state index in [2.05, 4.69) is 9.97 Å². The number of ether oxygens (including phenoxy) is 1. The fourth-order valence-corrected chi connectivity index (χ4v) is 2.86. The van der Waals surface area contributed by atoms with Crippen molar-refractivity contribution in [3.63, 3.8) is 0 Å². The van der Waals surface area contributed by atoms with Gasteiger partial charge in [-0.2, -0.15) is 0 Å². The van der Waals surface area contributed by atoms with E-state index < -0.39 is 0 Å². The number of likely N-dealkylation sites (tertiary alicyclic amines) is 1. The molecule has 1 atom stereocenters. The molecular weight excluding hydrogens is 278 g/mol. The summed E-state index contributed by atoms with van der Waals surface area (Å²) in [6.07, 6.45) is 6.13. The number of rotatable bonds is 5. The van der Waals surface area contributed by atoms with E-state index >= 15 is 0 Å². The summed E-state index contributed by atoms with van der Waals surface area (Å²) < 4.78 is 5.60. The molecule has 1 unspecified atom stereocenters. The highest BCUT2D eigenvalue weighted by Gasteiger charge is 2.25. The number of piperidine rings is 1. The van der Waals surface area contributed by atoms with Crippen LogP contribution in [0.3, 0.4) is 0 Å². The summed E-state index contributed by atoms with van der Waals surface area (Å²) in [5.74, 6) is 2.27. The van der Waals surface area contributed by atoms with Gasteiger partial charge >= 0.3 is 0 Å². The van der Waals surface area contributed by atoms with Gasteiger partial charge in [-0.3, -0.25) is 4.79 Å². The van der Waals surface area contributed by atoms with E-state index in [1.807, 2.05) is 41.4 Å². The minimum atomic E-state index is 0.159. The first kappa shape index (κ1) is 14.6. The highest BCUT2D eigenvalue weighted by Crippen LogP contribution is 2.24. The molecule has 1 aliphatic rings. The van der Waals surface area contributed by atoms with Gasteiger partial charge in [0.25, 0.3) is 0 Å². The van der Waals surface area contributed by atoms with Gasteiger partial charge in [-0.05, 0) is 25.0 Å². The van der Waals surface area contributed by atoms with Crippen LogP contribution in [-0.4, -0.2) is 40.5 Å². The zero-order valence-corrected chi connectivity index (χ0v) is 12.6. The normalized spacial score (nSPS) is 18.2. The number of carbonyl (C=O) groups excluding carboxylic acids is 1. The lowest BCUT2D eigenvalue weighted by molar-refractivity contribution is -0.132. The largest absolute Gasteiger partial charge is 0.493 e. The van der Waals surface area contributed by atoms with Gasteiger partial charge in [0.2, 0.25) is 5.91 Å². The predicted molar refractivity (Wildman–Crippen MR) is 83.7 cm³/mol. The highest BCUT2D eigenvalue weighted by molar-refractivity contribution is 5.76. The number of hydrogen-bond acceptors (Lipinski definition) is 3.